The standard InChI is InChI=1S/C12H17BN4O.H2S/c1-17(15)12(16-14)8-6-11(7-8)18-10-4-2-9(13)3-5-10;/h2-5,8,11H,6-7,14-15H2,1H3;1H2/b16-12-;. The molecule has 102 valence electrons. The summed E-state index contributed by atoms with van der Waals surface area (Å²) in [5, 5.41) is 5.17. The maximum Gasteiger partial charge on any atom is 0.141 e. The van der Waals surface area contributed by atoms with Gasteiger partial charge in [-0.25, -0.2) is 5.84 Å². The van der Waals surface area contributed by atoms with Gasteiger partial charge in [-0.3, -0.25) is 5.01 Å². The fourth-order valence-electron chi connectivity index (χ4n) is 2.10. The Balaban J connectivity index is 0.00000180. The fraction of sp³-hybridized carbons (Fsp3) is 0.417. The molecule has 0 unspecified atom stereocenters. The first-order valence-electron chi connectivity index (χ1n) is 5.88. The van der Waals surface area contributed by atoms with E-state index in [2.05, 4.69) is 5.10 Å². The number of nitrogens with two attached hydrogens (primary N) is 2. The normalized spacial score (nSPS) is 22.1. The van der Waals surface area contributed by atoms with Crippen LogP contribution < -0.4 is 21.9 Å². The molecule has 1 aromatic rings. The van der Waals surface area contributed by atoms with Crippen molar-refractivity contribution in [2.24, 2.45) is 22.7 Å². The molecule has 0 aromatic heterocycles. The number of rotatable bonds is 3. The molecule has 1 saturated carbocycles. The summed E-state index contributed by atoms with van der Waals surface area (Å²) >= 11 is 0. The summed E-state index contributed by atoms with van der Waals surface area (Å²) in [7, 11) is 7.35. The van der Waals surface area contributed by atoms with E-state index in [9.17, 15) is 0 Å². The third kappa shape index (κ3) is 3.81. The van der Waals surface area contributed by atoms with Crippen LogP contribution in [0, 0.1) is 5.92 Å². The number of nitrogens with zero attached hydrogens (tertiary/aromatic N) is 2. The third-order valence-electron chi connectivity index (χ3n) is 3.14. The van der Waals surface area contributed by atoms with E-state index >= 15 is 0 Å². The summed E-state index contributed by atoms with van der Waals surface area (Å²) in [6.45, 7) is 0. The van der Waals surface area contributed by atoms with E-state index in [1.54, 1.807) is 7.05 Å². The first kappa shape index (κ1) is 15.7. The smallest absolute Gasteiger partial charge is 0.141 e. The molecule has 1 aliphatic rings. The van der Waals surface area contributed by atoms with Gasteiger partial charge >= 0.3 is 0 Å². The predicted octanol–water partition coefficient (Wildman–Crippen LogP) is -0.172. The van der Waals surface area contributed by atoms with Crippen molar-refractivity contribution in [3.05, 3.63) is 24.3 Å². The zero-order valence-electron chi connectivity index (χ0n) is 10.9. The minimum Gasteiger partial charge on any atom is -0.490 e. The molecule has 2 rings (SSSR count). The number of hydrogen-bond donors (Lipinski definition) is 2. The summed E-state index contributed by atoms with van der Waals surface area (Å²) < 4.78 is 5.80. The molecule has 1 aromatic carbocycles. The molecule has 0 bridgehead atoms. The maximum absolute atomic E-state index is 5.80. The van der Waals surface area contributed by atoms with Crippen LogP contribution in [0.2, 0.25) is 0 Å². The molecule has 7 heteroatoms. The Morgan fingerprint density at radius 3 is 2.42 bits per heavy atom. The van der Waals surface area contributed by atoms with Gasteiger partial charge in [0.15, 0.2) is 0 Å². The summed E-state index contributed by atoms with van der Waals surface area (Å²) in [5.41, 5.74) is 0.733. The topological polar surface area (TPSA) is 76.9 Å². The lowest BCUT2D eigenvalue weighted by atomic mass is 9.81. The molecule has 0 heterocycles. The van der Waals surface area contributed by atoms with Gasteiger partial charge in [0.25, 0.3) is 0 Å². The second-order valence-electron chi connectivity index (χ2n) is 4.58. The Labute approximate surface area is 121 Å². The highest BCUT2D eigenvalue weighted by Crippen LogP contribution is 2.32. The van der Waals surface area contributed by atoms with Crippen molar-refractivity contribution < 1.29 is 4.74 Å². The van der Waals surface area contributed by atoms with E-state index in [1.807, 2.05) is 24.3 Å². The number of ether oxygens (including phenoxy) is 1. The number of hydrogen-bond acceptors (Lipinski definition) is 4. The van der Waals surface area contributed by atoms with Crippen LogP contribution in [0.3, 0.4) is 0 Å². The largest absolute Gasteiger partial charge is 0.490 e. The van der Waals surface area contributed by atoms with Gasteiger partial charge in [-0.2, -0.15) is 18.6 Å². The van der Waals surface area contributed by atoms with Gasteiger partial charge in [-0.05, 0) is 25.0 Å². The zero-order chi connectivity index (χ0) is 13.1. The highest BCUT2D eigenvalue weighted by molar-refractivity contribution is 7.59. The SMILES string of the molecule is S.[B]c1ccc(OC2CC(/C(=N/N)N(C)N)C2)cc1. The van der Waals surface area contributed by atoms with Gasteiger partial charge in [-0.15, -0.1) is 0 Å². The van der Waals surface area contributed by atoms with E-state index in [4.69, 9.17) is 24.3 Å². The van der Waals surface area contributed by atoms with E-state index in [-0.39, 0.29) is 25.5 Å². The second kappa shape index (κ2) is 6.72. The lowest BCUT2D eigenvalue weighted by molar-refractivity contribution is 0.0891. The summed E-state index contributed by atoms with van der Waals surface area (Å²) in [6.07, 6.45) is 1.94. The fourth-order valence-corrected chi connectivity index (χ4v) is 2.10. The van der Waals surface area contributed by atoms with E-state index in [1.165, 1.54) is 5.01 Å². The highest BCUT2D eigenvalue weighted by Gasteiger charge is 2.35. The number of amidine groups is 1. The van der Waals surface area contributed by atoms with E-state index in [0.717, 1.165) is 24.1 Å². The van der Waals surface area contributed by atoms with Crippen LogP contribution >= 0.6 is 13.5 Å². The summed E-state index contributed by atoms with van der Waals surface area (Å²) in [5.74, 6) is 12.8. The van der Waals surface area contributed by atoms with Crippen molar-refractivity contribution in [3.63, 3.8) is 0 Å². The monoisotopic (exact) mass is 278 g/mol. The first-order chi connectivity index (χ1) is 8.60. The van der Waals surface area contributed by atoms with Gasteiger partial charge in [0.2, 0.25) is 0 Å². The lowest BCUT2D eigenvalue weighted by Crippen LogP contribution is -2.47. The van der Waals surface area contributed by atoms with Gasteiger partial charge in [0.1, 0.15) is 25.5 Å². The van der Waals surface area contributed by atoms with Crippen molar-refractivity contribution in [1.29, 1.82) is 0 Å². The molecule has 4 N–H and O–H groups in total. The van der Waals surface area contributed by atoms with E-state index < -0.39 is 0 Å². The molecular formula is C12H19BN4OS. The molecule has 1 fully saturated rings. The number of benzene rings is 1. The average molecular weight is 278 g/mol. The van der Waals surface area contributed by atoms with Crippen molar-refractivity contribution in [2.45, 2.75) is 18.9 Å². The Kier molecular flexibility index (Phi) is 5.56. The van der Waals surface area contributed by atoms with Gasteiger partial charge < -0.3 is 10.6 Å². The van der Waals surface area contributed by atoms with Crippen molar-refractivity contribution in [2.75, 3.05) is 7.05 Å². The molecule has 19 heavy (non-hydrogen) atoms. The Morgan fingerprint density at radius 2 is 1.95 bits per heavy atom. The highest BCUT2D eigenvalue weighted by atomic mass is 32.1. The molecular weight excluding hydrogens is 259 g/mol. The van der Waals surface area contributed by atoms with Gasteiger partial charge in [0, 0.05) is 13.0 Å². The second-order valence-corrected chi connectivity index (χ2v) is 4.58. The van der Waals surface area contributed by atoms with Crippen LogP contribution in [0.15, 0.2) is 29.4 Å². The molecule has 0 spiro atoms. The quantitative estimate of drug-likeness (QED) is 0.264. The first-order valence-corrected chi connectivity index (χ1v) is 5.88. The number of hydrazine groups is 1. The van der Waals surface area contributed by atoms with Crippen LogP contribution in [0.25, 0.3) is 0 Å². The molecule has 5 nitrogen and oxygen atoms in total. The van der Waals surface area contributed by atoms with Crippen LogP contribution in [0.4, 0.5) is 0 Å². The van der Waals surface area contributed by atoms with Gasteiger partial charge in [0.05, 0.1) is 0 Å². The average Bonchev–Trinajstić information content (AvgIpc) is 2.28. The molecule has 0 saturated heterocycles. The van der Waals surface area contributed by atoms with Crippen LogP contribution in [0.1, 0.15) is 12.8 Å². The van der Waals surface area contributed by atoms with Crippen LogP contribution in [-0.2, 0) is 0 Å². The molecule has 1 aliphatic carbocycles. The summed E-state index contributed by atoms with van der Waals surface area (Å²) in [4.78, 5) is 0. The summed E-state index contributed by atoms with van der Waals surface area (Å²) in [6, 6.07) is 7.39. The molecule has 0 atom stereocenters. The Hall–Kier alpha value is -1.34. The molecule has 0 amide bonds. The predicted molar refractivity (Wildman–Crippen MR) is 82.9 cm³/mol. The Morgan fingerprint density at radius 1 is 1.37 bits per heavy atom. The Bertz CT molecular complexity index is 432. The third-order valence-corrected chi connectivity index (χ3v) is 3.14. The molecule has 2 radical (unpaired) electrons. The van der Waals surface area contributed by atoms with Crippen molar-refractivity contribution >= 4 is 32.6 Å². The molecule has 0 aliphatic heterocycles. The van der Waals surface area contributed by atoms with E-state index in [0.29, 0.717) is 5.84 Å². The minimum absolute atomic E-state index is 0. The van der Waals surface area contributed by atoms with Gasteiger partial charge in [-0.1, -0.05) is 17.6 Å². The lowest BCUT2D eigenvalue weighted by Gasteiger charge is -2.37. The zero-order valence-corrected chi connectivity index (χ0v) is 11.9. The van der Waals surface area contributed by atoms with Crippen molar-refractivity contribution in [1.82, 2.24) is 5.01 Å². The minimum atomic E-state index is 0. The van der Waals surface area contributed by atoms with Crippen LogP contribution in [-0.4, -0.2) is 31.8 Å². The maximum atomic E-state index is 5.80. The van der Waals surface area contributed by atoms with Crippen LogP contribution in [0.5, 0.6) is 5.75 Å². The van der Waals surface area contributed by atoms with Crippen molar-refractivity contribution in [3.8, 4) is 5.75 Å². The number of hydrazone groups is 1.